The maximum absolute atomic E-state index is 6.06. The Balaban J connectivity index is 1.60. The summed E-state index contributed by atoms with van der Waals surface area (Å²) in [5.74, 6) is 1.78. The van der Waals surface area contributed by atoms with Crippen LogP contribution in [0.3, 0.4) is 0 Å². The lowest BCUT2D eigenvalue weighted by atomic mass is 9.64. The van der Waals surface area contributed by atoms with E-state index in [9.17, 15) is 0 Å². The second-order valence-corrected chi connectivity index (χ2v) is 12.4. The van der Waals surface area contributed by atoms with E-state index in [1.807, 2.05) is 0 Å². The average molecular weight is 625 g/mol. The first-order chi connectivity index (χ1) is 22.9. The number of hydrogen-bond acceptors (Lipinski definition) is 4. The highest BCUT2D eigenvalue weighted by Crippen LogP contribution is 2.47. The summed E-state index contributed by atoms with van der Waals surface area (Å²) in [6.45, 7) is 10.7. The fraction of sp³-hybridized carbons (Fsp3) is 0.256. The van der Waals surface area contributed by atoms with Crippen molar-refractivity contribution in [1.82, 2.24) is 0 Å². The highest BCUT2D eigenvalue weighted by molar-refractivity contribution is 5.91. The average Bonchev–Trinajstić information content (AvgIpc) is 3.09. The first-order valence-corrected chi connectivity index (χ1v) is 16.3. The molecule has 0 spiro atoms. The van der Waals surface area contributed by atoms with Gasteiger partial charge in [-0.3, -0.25) is 0 Å². The number of methoxy groups -OCH3 is 2. The lowest BCUT2D eigenvalue weighted by Crippen LogP contribution is -2.31. The number of fused-ring (bicyclic) bond motifs is 2. The Morgan fingerprint density at radius 3 is 1.19 bits per heavy atom. The summed E-state index contributed by atoms with van der Waals surface area (Å²) in [6.07, 6.45) is 0. The highest BCUT2D eigenvalue weighted by atomic mass is 16.5. The van der Waals surface area contributed by atoms with Gasteiger partial charge in [0.15, 0.2) is 0 Å². The van der Waals surface area contributed by atoms with Crippen LogP contribution >= 0.6 is 0 Å². The van der Waals surface area contributed by atoms with Crippen LogP contribution < -0.4 is 9.47 Å². The third-order valence-electron chi connectivity index (χ3n) is 9.40. The van der Waals surface area contributed by atoms with Crippen LogP contribution in [0.4, 0.5) is 0 Å². The standard InChI is InChI=1S/C43H44O4/c1-29-7-13-35(14-8-29)43(36-15-9-30(2)10-16-36,37-17-19-39-31(3)41(46-25-23-44-5)21-11-33(39)27-37)38-18-20-40-32(4)42(47-26-24-45-6)22-12-34(40)28-38/h7-22,27-28H,23-26H2,1-6H3. The summed E-state index contributed by atoms with van der Waals surface area (Å²) in [6, 6.07) is 40.4. The molecule has 0 amide bonds. The molecule has 0 aliphatic heterocycles. The topological polar surface area (TPSA) is 36.9 Å². The van der Waals surface area contributed by atoms with Crippen molar-refractivity contribution < 1.29 is 18.9 Å². The largest absolute Gasteiger partial charge is 0.491 e. The molecule has 4 nitrogen and oxygen atoms in total. The third kappa shape index (κ3) is 6.24. The second-order valence-electron chi connectivity index (χ2n) is 12.4. The van der Waals surface area contributed by atoms with E-state index in [2.05, 4.69) is 137 Å². The minimum absolute atomic E-state index is 0.521. The highest BCUT2D eigenvalue weighted by Gasteiger charge is 2.39. The lowest BCUT2D eigenvalue weighted by molar-refractivity contribution is 0.146. The Labute approximate surface area is 278 Å². The summed E-state index contributed by atoms with van der Waals surface area (Å²) in [7, 11) is 3.39. The molecule has 0 heterocycles. The van der Waals surface area contributed by atoms with E-state index in [0.717, 1.165) is 22.6 Å². The van der Waals surface area contributed by atoms with Crippen LogP contribution in [-0.2, 0) is 14.9 Å². The van der Waals surface area contributed by atoms with Gasteiger partial charge in [-0.05, 0) is 107 Å². The molecule has 0 bridgehead atoms. The molecule has 0 atom stereocenters. The molecule has 0 aromatic heterocycles. The first-order valence-electron chi connectivity index (χ1n) is 16.3. The van der Waals surface area contributed by atoms with Gasteiger partial charge >= 0.3 is 0 Å². The second kappa shape index (κ2) is 14.0. The van der Waals surface area contributed by atoms with Gasteiger partial charge in [0.2, 0.25) is 0 Å². The molecule has 6 aromatic rings. The van der Waals surface area contributed by atoms with Crippen molar-refractivity contribution in [3.8, 4) is 11.5 Å². The molecule has 4 heteroatoms. The predicted molar refractivity (Wildman–Crippen MR) is 193 cm³/mol. The molecule has 6 rings (SSSR count). The first kappa shape index (κ1) is 32.3. The van der Waals surface area contributed by atoms with Crippen LogP contribution in [0.1, 0.15) is 44.5 Å². The summed E-state index contributed by atoms with van der Waals surface area (Å²) in [5.41, 5.74) is 9.01. The molecule has 0 radical (unpaired) electrons. The molecule has 0 fully saturated rings. The molecule has 240 valence electrons. The van der Waals surface area contributed by atoms with Crippen LogP contribution in [-0.4, -0.2) is 40.6 Å². The Morgan fingerprint density at radius 2 is 0.809 bits per heavy atom. The van der Waals surface area contributed by atoms with Crippen molar-refractivity contribution in [3.63, 3.8) is 0 Å². The molecule has 0 aliphatic carbocycles. The fourth-order valence-corrected chi connectivity index (χ4v) is 6.79. The zero-order valence-electron chi connectivity index (χ0n) is 28.4. The summed E-state index contributed by atoms with van der Waals surface area (Å²) in [5, 5.41) is 4.72. The van der Waals surface area contributed by atoms with Crippen LogP contribution in [0.15, 0.2) is 109 Å². The quantitative estimate of drug-likeness (QED) is 0.100. The van der Waals surface area contributed by atoms with Crippen molar-refractivity contribution >= 4 is 21.5 Å². The minimum atomic E-state index is -0.577. The molecule has 0 N–H and O–H groups in total. The number of hydrogen-bond donors (Lipinski definition) is 0. The predicted octanol–water partition coefficient (Wildman–Crippen LogP) is 9.66. The van der Waals surface area contributed by atoms with E-state index in [1.165, 1.54) is 54.9 Å². The smallest absolute Gasteiger partial charge is 0.122 e. The summed E-state index contributed by atoms with van der Waals surface area (Å²) >= 11 is 0. The monoisotopic (exact) mass is 624 g/mol. The SMILES string of the molecule is COCCOc1ccc2cc(C(c3ccc(C)cc3)(c3ccc(C)cc3)c3ccc4c(C)c(OCCOC)ccc4c3)ccc2c1C. The Kier molecular flexibility index (Phi) is 9.63. The number of aryl methyl sites for hydroxylation is 4. The zero-order valence-corrected chi connectivity index (χ0v) is 28.4. The van der Waals surface area contributed by atoms with Gasteiger partial charge in [0, 0.05) is 14.2 Å². The van der Waals surface area contributed by atoms with Gasteiger partial charge in [0.05, 0.1) is 18.6 Å². The maximum Gasteiger partial charge on any atom is 0.122 e. The molecule has 47 heavy (non-hydrogen) atoms. The van der Waals surface area contributed by atoms with E-state index >= 15 is 0 Å². The molecule has 0 saturated heterocycles. The third-order valence-corrected chi connectivity index (χ3v) is 9.40. The zero-order chi connectivity index (χ0) is 33.0. The van der Waals surface area contributed by atoms with E-state index in [0.29, 0.717) is 26.4 Å². The fourth-order valence-electron chi connectivity index (χ4n) is 6.79. The van der Waals surface area contributed by atoms with Crippen molar-refractivity contribution in [2.45, 2.75) is 33.1 Å². The van der Waals surface area contributed by atoms with Gasteiger partial charge < -0.3 is 18.9 Å². The van der Waals surface area contributed by atoms with Crippen molar-refractivity contribution in [2.24, 2.45) is 0 Å². The number of rotatable bonds is 12. The van der Waals surface area contributed by atoms with Crippen LogP contribution in [0, 0.1) is 27.7 Å². The normalized spacial score (nSPS) is 11.7. The van der Waals surface area contributed by atoms with E-state index in [1.54, 1.807) is 14.2 Å². The summed E-state index contributed by atoms with van der Waals surface area (Å²) in [4.78, 5) is 0. The number of ether oxygens (including phenoxy) is 4. The molecular weight excluding hydrogens is 580 g/mol. The lowest BCUT2D eigenvalue weighted by Gasteiger charge is -2.37. The van der Waals surface area contributed by atoms with Crippen molar-refractivity contribution in [2.75, 3.05) is 40.6 Å². The molecular formula is C43H44O4. The van der Waals surface area contributed by atoms with Crippen molar-refractivity contribution in [3.05, 3.63) is 154 Å². The van der Waals surface area contributed by atoms with E-state index in [-0.39, 0.29) is 0 Å². The molecule has 0 saturated carbocycles. The van der Waals surface area contributed by atoms with Crippen LogP contribution in [0.5, 0.6) is 11.5 Å². The molecule has 0 aliphatic rings. The minimum Gasteiger partial charge on any atom is -0.491 e. The van der Waals surface area contributed by atoms with Crippen LogP contribution in [0.25, 0.3) is 21.5 Å². The van der Waals surface area contributed by atoms with Gasteiger partial charge in [0.25, 0.3) is 0 Å². The van der Waals surface area contributed by atoms with Gasteiger partial charge in [-0.1, -0.05) is 96.1 Å². The Bertz CT molecular complexity index is 1840. The van der Waals surface area contributed by atoms with Crippen molar-refractivity contribution in [1.29, 1.82) is 0 Å². The Morgan fingerprint density at radius 1 is 0.426 bits per heavy atom. The van der Waals surface area contributed by atoms with Crippen LogP contribution in [0.2, 0.25) is 0 Å². The van der Waals surface area contributed by atoms with Gasteiger partial charge in [-0.15, -0.1) is 0 Å². The molecule has 0 unspecified atom stereocenters. The Hall–Kier alpha value is -4.64. The number of benzene rings is 6. The van der Waals surface area contributed by atoms with E-state index < -0.39 is 5.41 Å². The maximum atomic E-state index is 6.06. The van der Waals surface area contributed by atoms with E-state index in [4.69, 9.17) is 18.9 Å². The van der Waals surface area contributed by atoms with Gasteiger partial charge in [-0.25, -0.2) is 0 Å². The van der Waals surface area contributed by atoms with Gasteiger partial charge in [0.1, 0.15) is 24.7 Å². The van der Waals surface area contributed by atoms with Gasteiger partial charge in [-0.2, -0.15) is 0 Å². The summed E-state index contributed by atoms with van der Waals surface area (Å²) < 4.78 is 22.5. The molecule has 6 aromatic carbocycles.